The third-order valence-electron chi connectivity index (χ3n) is 3.66. The van der Waals surface area contributed by atoms with E-state index in [9.17, 15) is 9.59 Å². The molecule has 0 aliphatic carbocycles. The molecule has 2 rings (SSSR count). The Morgan fingerprint density at radius 2 is 2.05 bits per heavy atom. The van der Waals surface area contributed by atoms with E-state index in [-0.39, 0.29) is 31.4 Å². The van der Waals surface area contributed by atoms with Crippen molar-refractivity contribution in [1.29, 1.82) is 0 Å². The Hall–Kier alpha value is -1.79. The molecule has 1 amide bonds. The van der Waals surface area contributed by atoms with Crippen LogP contribution >= 0.6 is 12.4 Å². The van der Waals surface area contributed by atoms with Crippen LogP contribution in [0.4, 0.5) is 0 Å². The Bertz CT molecular complexity index is 507. The molecule has 1 atom stereocenters. The van der Waals surface area contributed by atoms with E-state index in [1.807, 2.05) is 17.0 Å². The summed E-state index contributed by atoms with van der Waals surface area (Å²) in [5, 5.41) is 10.9. The maximum absolute atomic E-state index is 11.6. The molecule has 1 unspecified atom stereocenters. The van der Waals surface area contributed by atoms with Crippen molar-refractivity contribution >= 4 is 24.3 Å². The number of carbonyl (C=O) groups excluding carboxylic acids is 1. The number of carboxylic acids is 1. The number of amides is 1. The van der Waals surface area contributed by atoms with E-state index < -0.39 is 5.97 Å². The second kappa shape index (κ2) is 8.60. The van der Waals surface area contributed by atoms with Gasteiger partial charge in [-0.1, -0.05) is 12.1 Å². The topological polar surface area (TPSA) is 78.9 Å². The first-order valence-electron chi connectivity index (χ1n) is 6.93. The molecule has 22 heavy (non-hydrogen) atoms. The second-order valence-corrected chi connectivity index (χ2v) is 5.16. The second-order valence-electron chi connectivity index (χ2n) is 5.16. The van der Waals surface area contributed by atoms with Crippen molar-refractivity contribution < 1.29 is 19.4 Å². The van der Waals surface area contributed by atoms with Crippen LogP contribution in [0.25, 0.3) is 0 Å². The van der Waals surface area contributed by atoms with E-state index in [0.29, 0.717) is 5.92 Å². The van der Waals surface area contributed by atoms with Gasteiger partial charge in [0.2, 0.25) is 5.91 Å². The first-order chi connectivity index (χ1) is 10.1. The van der Waals surface area contributed by atoms with Crippen LogP contribution in [0.15, 0.2) is 24.3 Å². The van der Waals surface area contributed by atoms with Crippen LogP contribution in [-0.2, 0) is 9.59 Å². The predicted octanol–water partition coefficient (Wildman–Crippen LogP) is 1.11. The van der Waals surface area contributed by atoms with Crippen molar-refractivity contribution in [2.45, 2.75) is 12.3 Å². The van der Waals surface area contributed by atoms with Crippen LogP contribution in [0.5, 0.6) is 5.75 Å². The average molecular weight is 329 g/mol. The van der Waals surface area contributed by atoms with Gasteiger partial charge in [-0.05, 0) is 36.6 Å². The van der Waals surface area contributed by atoms with Gasteiger partial charge in [0.05, 0.1) is 13.7 Å². The number of aliphatic carboxylic acids is 1. The molecule has 1 fully saturated rings. The lowest BCUT2D eigenvalue weighted by Gasteiger charge is -2.15. The molecule has 0 bridgehead atoms. The number of benzene rings is 1. The normalized spacial score (nSPS) is 17.6. The van der Waals surface area contributed by atoms with Crippen molar-refractivity contribution in [3.63, 3.8) is 0 Å². The number of hydrogen-bond acceptors (Lipinski definition) is 4. The monoisotopic (exact) mass is 328 g/mol. The number of halogens is 1. The number of carboxylic acid groups (broad SMARTS) is 1. The summed E-state index contributed by atoms with van der Waals surface area (Å²) in [4.78, 5) is 24.0. The summed E-state index contributed by atoms with van der Waals surface area (Å²) in [5.74, 6) is -0.0292. The fraction of sp³-hybridized carbons (Fsp3) is 0.467. The zero-order valence-corrected chi connectivity index (χ0v) is 13.3. The van der Waals surface area contributed by atoms with Crippen LogP contribution in [0, 0.1) is 0 Å². The predicted molar refractivity (Wildman–Crippen MR) is 84.7 cm³/mol. The highest BCUT2D eigenvalue weighted by atomic mass is 35.5. The van der Waals surface area contributed by atoms with Crippen LogP contribution in [0.2, 0.25) is 0 Å². The van der Waals surface area contributed by atoms with Gasteiger partial charge in [0, 0.05) is 6.54 Å². The van der Waals surface area contributed by atoms with Crippen molar-refractivity contribution in [1.82, 2.24) is 10.2 Å². The quantitative estimate of drug-likeness (QED) is 0.817. The van der Waals surface area contributed by atoms with Crippen molar-refractivity contribution in [2.75, 3.05) is 33.3 Å². The average Bonchev–Trinajstić information content (AvgIpc) is 2.93. The van der Waals surface area contributed by atoms with Crippen LogP contribution < -0.4 is 10.1 Å². The Morgan fingerprint density at radius 1 is 1.36 bits per heavy atom. The van der Waals surface area contributed by atoms with Gasteiger partial charge >= 0.3 is 5.97 Å². The molecule has 1 heterocycles. The molecule has 1 aliphatic heterocycles. The fourth-order valence-corrected chi connectivity index (χ4v) is 2.56. The van der Waals surface area contributed by atoms with Gasteiger partial charge in [0.1, 0.15) is 12.3 Å². The number of rotatable bonds is 6. The third kappa shape index (κ3) is 5.20. The summed E-state index contributed by atoms with van der Waals surface area (Å²) < 4.78 is 5.14. The molecule has 0 spiro atoms. The number of nitrogens with zero attached hydrogens (tertiary/aromatic N) is 1. The molecular formula is C15H21ClN2O4. The van der Waals surface area contributed by atoms with E-state index in [0.717, 1.165) is 25.3 Å². The molecule has 1 saturated heterocycles. The number of methoxy groups -OCH3 is 1. The largest absolute Gasteiger partial charge is 0.497 e. The molecule has 1 aromatic rings. The summed E-state index contributed by atoms with van der Waals surface area (Å²) in [5.41, 5.74) is 1.24. The highest BCUT2D eigenvalue weighted by molar-refractivity contribution is 5.85. The van der Waals surface area contributed by atoms with Gasteiger partial charge in [-0.3, -0.25) is 14.5 Å². The van der Waals surface area contributed by atoms with E-state index in [1.54, 1.807) is 7.11 Å². The van der Waals surface area contributed by atoms with E-state index in [2.05, 4.69) is 17.4 Å². The Balaban J connectivity index is 0.00000242. The summed E-state index contributed by atoms with van der Waals surface area (Å²) in [7, 11) is 1.64. The number of ether oxygens (including phenoxy) is 1. The molecule has 1 aromatic carbocycles. The van der Waals surface area contributed by atoms with Gasteiger partial charge in [-0.25, -0.2) is 0 Å². The Labute approximate surface area is 135 Å². The van der Waals surface area contributed by atoms with Gasteiger partial charge in [0.25, 0.3) is 0 Å². The minimum absolute atomic E-state index is 0. The molecule has 7 heteroatoms. The molecule has 6 nitrogen and oxygen atoms in total. The lowest BCUT2D eigenvalue weighted by Crippen LogP contribution is -2.38. The first kappa shape index (κ1) is 18.3. The standard InChI is InChI=1S/C15H20N2O4.ClH/c1-21-13-4-2-11(3-5-13)12-6-7-17(9-12)10-14(18)16-8-15(19)20;/h2-5,12H,6-10H2,1H3,(H,16,18)(H,19,20);1H. The zero-order chi connectivity index (χ0) is 15.2. The molecule has 2 N–H and O–H groups in total. The minimum Gasteiger partial charge on any atom is -0.497 e. The van der Waals surface area contributed by atoms with E-state index >= 15 is 0 Å². The van der Waals surface area contributed by atoms with Crippen molar-refractivity contribution in [3.8, 4) is 5.75 Å². The highest BCUT2D eigenvalue weighted by Gasteiger charge is 2.25. The molecule has 122 valence electrons. The first-order valence-corrected chi connectivity index (χ1v) is 6.93. The van der Waals surface area contributed by atoms with Gasteiger partial charge in [-0.15, -0.1) is 12.4 Å². The molecule has 0 saturated carbocycles. The maximum atomic E-state index is 11.6. The molecule has 0 aromatic heterocycles. The SMILES string of the molecule is COc1ccc(C2CCN(CC(=O)NCC(=O)O)C2)cc1.Cl. The Kier molecular flexibility index (Phi) is 7.14. The summed E-state index contributed by atoms with van der Waals surface area (Å²) >= 11 is 0. The number of carbonyl (C=O) groups is 2. The lowest BCUT2D eigenvalue weighted by atomic mass is 9.98. The van der Waals surface area contributed by atoms with E-state index in [4.69, 9.17) is 9.84 Å². The van der Waals surface area contributed by atoms with Crippen LogP contribution in [-0.4, -0.2) is 55.2 Å². The zero-order valence-electron chi connectivity index (χ0n) is 12.4. The van der Waals surface area contributed by atoms with Crippen LogP contribution in [0.1, 0.15) is 17.9 Å². The lowest BCUT2D eigenvalue weighted by molar-refractivity contribution is -0.138. The van der Waals surface area contributed by atoms with E-state index in [1.165, 1.54) is 5.56 Å². The molecule has 1 aliphatic rings. The minimum atomic E-state index is -1.03. The number of nitrogens with one attached hydrogen (secondary N) is 1. The fourth-order valence-electron chi connectivity index (χ4n) is 2.56. The van der Waals surface area contributed by atoms with Crippen molar-refractivity contribution in [2.24, 2.45) is 0 Å². The van der Waals surface area contributed by atoms with Gasteiger partial charge in [0.15, 0.2) is 0 Å². The maximum Gasteiger partial charge on any atom is 0.322 e. The molecule has 0 radical (unpaired) electrons. The smallest absolute Gasteiger partial charge is 0.322 e. The Morgan fingerprint density at radius 3 is 2.64 bits per heavy atom. The number of likely N-dealkylation sites (tertiary alicyclic amines) is 1. The summed E-state index contributed by atoms with van der Waals surface area (Å²) in [6.07, 6.45) is 0.999. The summed E-state index contributed by atoms with van der Waals surface area (Å²) in [6, 6.07) is 7.99. The number of hydrogen-bond donors (Lipinski definition) is 2. The van der Waals surface area contributed by atoms with Gasteiger partial charge in [-0.2, -0.15) is 0 Å². The third-order valence-corrected chi connectivity index (χ3v) is 3.66. The summed E-state index contributed by atoms with van der Waals surface area (Å²) in [6.45, 7) is 1.58. The highest BCUT2D eigenvalue weighted by Crippen LogP contribution is 2.28. The van der Waals surface area contributed by atoms with Crippen LogP contribution in [0.3, 0.4) is 0 Å². The molecular weight excluding hydrogens is 308 g/mol. The van der Waals surface area contributed by atoms with Gasteiger partial charge < -0.3 is 15.2 Å². The van der Waals surface area contributed by atoms with Crippen molar-refractivity contribution in [3.05, 3.63) is 29.8 Å².